The maximum atomic E-state index is 12.7. The molecule has 2 aromatic carbocycles. The van der Waals surface area contributed by atoms with E-state index in [0.29, 0.717) is 19.7 Å². The second-order valence-corrected chi connectivity index (χ2v) is 6.14. The minimum Gasteiger partial charge on any atom is -0.375 e. The van der Waals surface area contributed by atoms with Crippen LogP contribution in [0.5, 0.6) is 0 Å². The van der Waals surface area contributed by atoms with Gasteiger partial charge in [0.1, 0.15) is 0 Å². The monoisotopic (exact) mass is 293 g/mol. The van der Waals surface area contributed by atoms with Gasteiger partial charge in [0.2, 0.25) is 0 Å². The van der Waals surface area contributed by atoms with Crippen LogP contribution in [0.1, 0.15) is 28.4 Å². The largest absolute Gasteiger partial charge is 0.375 e. The molecule has 0 spiro atoms. The van der Waals surface area contributed by atoms with Gasteiger partial charge in [-0.05, 0) is 47.7 Å². The maximum Gasteiger partial charge on any atom is 0.254 e. The molecule has 3 nitrogen and oxygen atoms in total. The molecule has 1 aliphatic heterocycles. The van der Waals surface area contributed by atoms with Crippen molar-refractivity contribution in [3.8, 4) is 11.1 Å². The zero-order chi connectivity index (χ0) is 15.1. The van der Waals surface area contributed by atoms with Crippen molar-refractivity contribution in [2.24, 2.45) is 0 Å². The highest BCUT2D eigenvalue weighted by molar-refractivity contribution is 5.96. The highest BCUT2D eigenvalue weighted by atomic mass is 16.5. The standard InChI is InChI=1S/C19H19NO2/c1-13-12-20(8-9-22-13)19(21)16-7-6-15-10-14-4-2-3-5-17(14)18(15)11-16/h2-7,11,13H,8-10,12H2,1H3. The molecule has 0 saturated carbocycles. The molecule has 1 unspecified atom stereocenters. The number of benzene rings is 2. The minimum absolute atomic E-state index is 0.113. The van der Waals surface area contributed by atoms with Crippen molar-refractivity contribution in [3.05, 3.63) is 59.2 Å². The Morgan fingerprint density at radius 1 is 1.14 bits per heavy atom. The molecule has 0 N–H and O–H groups in total. The third-order valence-electron chi connectivity index (χ3n) is 4.57. The van der Waals surface area contributed by atoms with Gasteiger partial charge in [-0.3, -0.25) is 4.79 Å². The lowest BCUT2D eigenvalue weighted by Crippen LogP contribution is -2.44. The SMILES string of the molecule is CC1CN(C(=O)c2ccc3c(c2)-c2ccccc2C3)CCO1. The first-order chi connectivity index (χ1) is 10.7. The Hall–Kier alpha value is -2.13. The second-order valence-electron chi connectivity index (χ2n) is 6.14. The van der Waals surface area contributed by atoms with Crippen LogP contribution in [0.15, 0.2) is 42.5 Å². The first-order valence-electron chi connectivity index (χ1n) is 7.84. The zero-order valence-corrected chi connectivity index (χ0v) is 12.7. The molecule has 0 aromatic heterocycles. The molecular weight excluding hydrogens is 274 g/mol. The number of morpholine rings is 1. The van der Waals surface area contributed by atoms with Gasteiger partial charge in [0.05, 0.1) is 12.7 Å². The summed E-state index contributed by atoms with van der Waals surface area (Å²) in [5.74, 6) is 0.113. The van der Waals surface area contributed by atoms with Crippen LogP contribution in [0, 0.1) is 0 Å². The average Bonchev–Trinajstić information content (AvgIpc) is 2.92. The van der Waals surface area contributed by atoms with Crippen molar-refractivity contribution in [2.45, 2.75) is 19.4 Å². The van der Waals surface area contributed by atoms with E-state index in [1.54, 1.807) is 0 Å². The van der Waals surface area contributed by atoms with E-state index in [4.69, 9.17) is 4.74 Å². The van der Waals surface area contributed by atoms with E-state index in [2.05, 4.69) is 36.4 Å². The number of hydrogen-bond donors (Lipinski definition) is 0. The summed E-state index contributed by atoms with van der Waals surface area (Å²) < 4.78 is 5.52. The van der Waals surface area contributed by atoms with E-state index in [1.807, 2.05) is 17.9 Å². The first kappa shape index (κ1) is 13.5. The molecule has 3 heteroatoms. The van der Waals surface area contributed by atoms with E-state index in [-0.39, 0.29) is 12.0 Å². The third kappa shape index (κ3) is 2.22. The molecule has 1 atom stereocenters. The molecule has 2 aromatic rings. The van der Waals surface area contributed by atoms with Crippen molar-refractivity contribution < 1.29 is 9.53 Å². The summed E-state index contributed by atoms with van der Waals surface area (Å²) in [6, 6.07) is 14.6. The van der Waals surface area contributed by atoms with Crippen LogP contribution in [0.2, 0.25) is 0 Å². The lowest BCUT2D eigenvalue weighted by atomic mass is 10.0. The van der Waals surface area contributed by atoms with E-state index >= 15 is 0 Å². The second kappa shape index (κ2) is 5.25. The van der Waals surface area contributed by atoms with Gasteiger partial charge < -0.3 is 9.64 Å². The highest BCUT2D eigenvalue weighted by Crippen LogP contribution is 2.37. The van der Waals surface area contributed by atoms with Gasteiger partial charge in [-0.2, -0.15) is 0 Å². The van der Waals surface area contributed by atoms with Crippen LogP contribution in [-0.2, 0) is 11.2 Å². The fourth-order valence-electron chi connectivity index (χ4n) is 3.44. The van der Waals surface area contributed by atoms with Crippen molar-refractivity contribution in [2.75, 3.05) is 19.7 Å². The van der Waals surface area contributed by atoms with Crippen LogP contribution >= 0.6 is 0 Å². The van der Waals surface area contributed by atoms with Crippen molar-refractivity contribution in [1.29, 1.82) is 0 Å². The van der Waals surface area contributed by atoms with E-state index in [9.17, 15) is 4.79 Å². The summed E-state index contributed by atoms with van der Waals surface area (Å²) in [4.78, 5) is 14.6. The van der Waals surface area contributed by atoms with Crippen molar-refractivity contribution in [3.63, 3.8) is 0 Å². The smallest absolute Gasteiger partial charge is 0.254 e. The zero-order valence-electron chi connectivity index (χ0n) is 12.7. The van der Waals surface area contributed by atoms with Gasteiger partial charge in [0, 0.05) is 18.7 Å². The lowest BCUT2D eigenvalue weighted by Gasteiger charge is -2.31. The van der Waals surface area contributed by atoms with Crippen molar-refractivity contribution in [1.82, 2.24) is 4.90 Å². The minimum atomic E-state index is 0.113. The molecule has 4 rings (SSSR count). The molecule has 0 radical (unpaired) electrons. The number of carbonyl (C=O) groups is 1. The van der Waals surface area contributed by atoms with Crippen LogP contribution in [0.4, 0.5) is 0 Å². The van der Waals surface area contributed by atoms with E-state index in [1.165, 1.54) is 22.3 Å². The van der Waals surface area contributed by atoms with Gasteiger partial charge in [-0.25, -0.2) is 0 Å². The Morgan fingerprint density at radius 3 is 2.82 bits per heavy atom. The van der Waals surface area contributed by atoms with Crippen molar-refractivity contribution >= 4 is 5.91 Å². The number of hydrogen-bond acceptors (Lipinski definition) is 2. The van der Waals surface area contributed by atoms with Gasteiger partial charge >= 0.3 is 0 Å². The predicted octanol–water partition coefficient (Wildman–Crippen LogP) is 3.12. The molecule has 1 aliphatic carbocycles. The maximum absolute atomic E-state index is 12.7. The topological polar surface area (TPSA) is 29.5 Å². The molecule has 1 saturated heterocycles. The molecule has 22 heavy (non-hydrogen) atoms. The molecule has 1 amide bonds. The van der Waals surface area contributed by atoms with Gasteiger partial charge in [0.25, 0.3) is 5.91 Å². The Bertz CT molecular complexity index is 738. The molecule has 0 bridgehead atoms. The number of rotatable bonds is 1. The van der Waals surface area contributed by atoms with Gasteiger partial charge in [0.15, 0.2) is 0 Å². The van der Waals surface area contributed by atoms with E-state index < -0.39 is 0 Å². The van der Waals surface area contributed by atoms with Gasteiger partial charge in [-0.15, -0.1) is 0 Å². The normalized spacial score (nSPS) is 19.7. The number of ether oxygens (including phenoxy) is 1. The third-order valence-corrected chi connectivity index (χ3v) is 4.57. The fraction of sp³-hybridized carbons (Fsp3) is 0.316. The Morgan fingerprint density at radius 2 is 1.95 bits per heavy atom. The summed E-state index contributed by atoms with van der Waals surface area (Å²) in [7, 11) is 0. The summed E-state index contributed by atoms with van der Waals surface area (Å²) >= 11 is 0. The van der Waals surface area contributed by atoms with Crippen LogP contribution in [0.3, 0.4) is 0 Å². The summed E-state index contributed by atoms with van der Waals surface area (Å²) in [6.07, 6.45) is 1.09. The Balaban J connectivity index is 1.67. The summed E-state index contributed by atoms with van der Waals surface area (Å²) in [5, 5.41) is 0. The number of amides is 1. The molecule has 112 valence electrons. The summed E-state index contributed by atoms with van der Waals surface area (Å²) in [6.45, 7) is 3.99. The highest BCUT2D eigenvalue weighted by Gasteiger charge is 2.24. The quantitative estimate of drug-likeness (QED) is 0.690. The van der Waals surface area contributed by atoms with E-state index in [0.717, 1.165) is 12.0 Å². The fourth-order valence-corrected chi connectivity index (χ4v) is 3.44. The molecular formula is C19H19NO2. The number of nitrogens with zero attached hydrogens (tertiary/aromatic N) is 1. The Labute approximate surface area is 130 Å². The first-order valence-corrected chi connectivity index (χ1v) is 7.84. The molecule has 1 heterocycles. The number of fused-ring (bicyclic) bond motifs is 3. The Kier molecular flexibility index (Phi) is 3.23. The molecule has 1 fully saturated rings. The summed E-state index contributed by atoms with van der Waals surface area (Å²) in [5.41, 5.74) is 5.92. The van der Waals surface area contributed by atoms with Crippen LogP contribution in [-0.4, -0.2) is 36.6 Å². The number of carbonyl (C=O) groups excluding carboxylic acids is 1. The molecule has 2 aliphatic rings. The lowest BCUT2D eigenvalue weighted by molar-refractivity contribution is -0.0124. The van der Waals surface area contributed by atoms with Gasteiger partial charge in [-0.1, -0.05) is 30.3 Å². The predicted molar refractivity (Wildman–Crippen MR) is 86.0 cm³/mol. The average molecular weight is 293 g/mol. The van der Waals surface area contributed by atoms with Crippen LogP contribution in [0.25, 0.3) is 11.1 Å². The van der Waals surface area contributed by atoms with Crippen LogP contribution < -0.4 is 0 Å².